The van der Waals surface area contributed by atoms with Crippen LogP contribution in [-0.4, -0.2) is 64.3 Å². The molecule has 1 fully saturated rings. The van der Waals surface area contributed by atoms with Crippen molar-refractivity contribution in [1.29, 1.82) is 0 Å². The summed E-state index contributed by atoms with van der Waals surface area (Å²) >= 11 is 0. The molecule has 2 heterocycles. The van der Waals surface area contributed by atoms with Crippen LogP contribution >= 0.6 is 0 Å². The summed E-state index contributed by atoms with van der Waals surface area (Å²) in [6, 6.07) is 22.3. The van der Waals surface area contributed by atoms with Crippen molar-refractivity contribution in [2.45, 2.75) is 13.3 Å². The van der Waals surface area contributed by atoms with Gasteiger partial charge in [-0.1, -0.05) is 6.92 Å². The number of aromatic hydroxyl groups is 2. The zero-order valence-corrected chi connectivity index (χ0v) is 20.4. The van der Waals surface area contributed by atoms with Gasteiger partial charge in [-0.3, -0.25) is 4.90 Å². The number of phenolic OH excluding ortho intramolecular Hbond substituents is 2. The van der Waals surface area contributed by atoms with Gasteiger partial charge >= 0.3 is 0 Å². The Balaban J connectivity index is 1.46. The first-order valence-electron chi connectivity index (χ1n) is 12.4. The van der Waals surface area contributed by atoms with Crippen LogP contribution < -0.4 is 4.74 Å². The minimum atomic E-state index is 0.209. The van der Waals surface area contributed by atoms with E-state index in [-0.39, 0.29) is 11.5 Å². The summed E-state index contributed by atoms with van der Waals surface area (Å²) in [7, 11) is 0. The molecular weight excluding hydrogens is 454 g/mol. The predicted molar refractivity (Wildman–Crippen MR) is 140 cm³/mol. The van der Waals surface area contributed by atoms with Crippen molar-refractivity contribution in [3.8, 4) is 45.5 Å². The molecule has 3 aromatic carbocycles. The van der Waals surface area contributed by atoms with Gasteiger partial charge in [0.05, 0.1) is 30.3 Å². The molecule has 1 aliphatic heterocycles. The van der Waals surface area contributed by atoms with Crippen LogP contribution in [0.25, 0.3) is 28.2 Å². The van der Waals surface area contributed by atoms with Crippen LogP contribution in [0, 0.1) is 0 Å². The molecule has 7 nitrogen and oxygen atoms in total. The molecule has 0 unspecified atom stereocenters. The number of hydrogen-bond donors (Lipinski definition) is 2. The Kier molecular flexibility index (Phi) is 7.21. The van der Waals surface area contributed by atoms with Crippen molar-refractivity contribution in [1.82, 2.24) is 14.7 Å². The van der Waals surface area contributed by atoms with Crippen LogP contribution in [0.1, 0.15) is 12.5 Å². The second-order valence-electron chi connectivity index (χ2n) is 8.83. The van der Waals surface area contributed by atoms with Gasteiger partial charge in [0.15, 0.2) is 0 Å². The summed E-state index contributed by atoms with van der Waals surface area (Å²) in [6.07, 6.45) is 0.779. The SMILES string of the molecule is CCc1c(-c2ccc(O)cc2)nn(-c2ccc(O)cc2)c1-c1ccc(OCCN2CCOCC2)cc1. The van der Waals surface area contributed by atoms with Crippen LogP contribution in [0.2, 0.25) is 0 Å². The lowest BCUT2D eigenvalue weighted by atomic mass is 9.99. The highest BCUT2D eigenvalue weighted by molar-refractivity contribution is 5.76. The van der Waals surface area contributed by atoms with E-state index in [2.05, 4.69) is 24.0 Å². The number of ether oxygens (including phenoxy) is 2. The standard InChI is InChI=1S/C29H31N3O4/c1-2-27-28(21-3-9-24(33)10-4-21)30-32(23-7-11-25(34)12-8-23)29(27)22-5-13-26(14-6-22)36-20-17-31-15-18-35-19-16-31/h3-14,33-34H,2,15-20H2,1H3. The van der Waals surface area contributed by atoms with Crippen molar-refractivity contribution in [2.24, 2.45) is 0 Å². The molecule has 0 bridgehead atoms. The summed E-state index contributed by atoms with van der Waals surface area (Å²) < 4.78 is 13.3. The Hall–Kier alpha value is -3.81. The van der Waals surface area contributed by atoms with E-state index in [0.29, 0.717) is 6.61 Å². The number of nitrogens with zero attached hydrogens (tertiary/aromatic N) is 3. The van der Waals surface area contributed by atoms with Crippen LogP contribution in [0.15, 0.2) is 72.8 Å². The summed E-state index contributed by atoms with van der Waals surface area (Å²) in [6.45, 7) is 7.11. The smallest absolute Gasteiger partial charge is 0.119 e. The molecule has 0 radical (unpaired) electrons. The highest BCUT2D eigenvalue weighted by Crippen LogP contribution is 2.36. The summed E-state index contributed by atoms with van der Waals surface area (Å²) in [5.41, 5.74) is 5.78. The number of morpholine rings is 1. The third-order valence-electron chi connectivity index (χ3n) is 6.48. The average Bonchev–Trinajstić information content (AvgIpc) is 3.30. The normalized spacial score (nSPS) is 14.1. The van der Waals surface area contributed by atoms with Gasteiger partial charge in [-0.2, -0.15) is 5.10 Å². The van der Waals surface area contributed by atoms with Crippen LogP contribution in [0.5, 0.6) is 17.2 Å². The molecule has 186 valence electrons. The number of phenols is 2. The van der Waals surface area contributed by atoms with Crippen molar-refractivity contribution >= 4 is 0 Å². The fourth-order valence-corrected chi connectivity index (χ4v) is 4.54. The molecule has 7 heteroatoms. The molecule has 0 saturated carbocycles. The third-order valence-corrected chi connectivity index (χ3v) is 6.48. The molecule has 0 spiro atoms. The van der Waals surface area contributed by atoms with Crippen LogP contribution in [-0.2, 0) is 11.2 Å². The van der Waals surface area contributed by atoms with Gasteiger partial charge in [-0.25, -0.2) is 4.68 Å². The van der Waals surface area contributed by atoms with Gasteiger partial charge in [-0.15, -0.1) is 0 Å². The number of rotatable bonds is 8. The lowest BCUT2D eigenvalue weighted by Gasteiger charge is -2.26. The Labute approximate surface area is 211 Å². The average molecular weight is 486 g/mol. The van der Waals surface area contributed by atoms with Gasteiger partial charge in [0, 0.05) is 36.3 Å². The van der Waals surface area contributed by atoms with Crippen molar-refractivity contribution in [3.63, 3.8) is 0 Å². The van der Waals surface area contributed by atoms with E-state index < -0.39 is 0 Å². The molecule has 2 N–H and O–H groups in total. The monoisotopic (exact) mass is 485 g/mol. The number of aromatic nitrogens is 2. The summed E-state index contributed by atoms with van der Waals surface area (Å²) in [4.78, 5) is 2.35. The molecule has 1 aliphatic rings. The molecule has 0 amide bonds. The zero-order chi connectivity index (χ0) is 24.9. The lowest BCUT2D eigenvalue weighted by Crippen LogP contribution is -2.38. The molecule has 0 aliphatic carbocycles. The summed E-state index contributed by atoms with van der Waals surface area (Å²) in [5.74, 6) is 1.26. The van der Waals surface area contributed by atoms with E-state index in [1.165, 1.54) is 0 Å². The Bertz CT molecular complexity index is 1280. The van der Waals surface area contributed by atoms with Gasteiger partial charge in [0.1, 0.15) is 23.9 Å². The fraction of sp³-hybridized carbons (Fsp3) is 0.276. The minimum Gasteiger partial charge on any atom is -0.508 e. The predicted octanol–water partition coefficient (Wildman–Crippen LogP) is 4.89. The summed E-state index contributed by atoms with van der Waals surface area (Å²) in [5, 5.41) is 24.6. The second-order valence-corrected chi connectivity index (χ2v) is 8.83. The van der Waals surface area contributed by atoms with Gasteiger partial charge < -0.3 is 19.7 Å². The molecular formula is C29H31N3O4. The van der Waals surface area contributed by atoms with Crippen molar-refractivity contribution in [3.05, 3.63) is 78.4 Å². The Morgan fingerprint density at radius 2 is 1.44 bits per heavy atom. The van der Waals surface area contributed by atoms with Gasteiger partial charge in [0.2, 0.25) is 0 Å². The van der Waals surface area contributed by atoms with Crippen molar-refractivity contribution in [2.75, 3.05) is 39.5 Å². The molecule has 1 saturated heterocycles. The quantitative estimate of drug-likeness (QED) is 0.370. The Morgan fingerprint density at radius 1 is 0.833 bits per heavy atom. The Morgan fingerprint density at radius 3 is 2.08 bits per heavy atom. The number of benzene rings is 3. The maximum Gasteiger partial charge on any atom is 0.119 e. The topological polar surface area (TPSA) is 80.0 Å². The number of hydrogen-bond acceptors (Lipinski definition) is 6. The van der Waals surface area contributed by atoms with E-state index in [1.807, 2.05) is 41.1 Å². The molecule has 5 rings (SSSR count). The first-order chi connectivity index (χ1) is 17.6. The molecule has 36 heavy (non-hydrogen) atoms. The maximum atomic E-state index is 9.81. The van der Waals surface area contributed by atoms with Crippen molar-refractivity contribution < 1.29 is 19.7 Å². The largest absolute Gasteiger partial charge is 0.508 e. The second kappa shape index (κ2) is 10.8. The minimum absolute atomic E-state index is 0.209. The molecule has 4 aromatic rings. The van der Waals surface area contributed by atoms with Crippen LogP contribution in [0.3, 0.4) is 0 Å². The lowest BCUT2D eigenvalue weighted by molar-refractivity contribution is 0.0322. The molecule has 0 atom stereocenters. The highest BCUT2D eigenvalue weighted by atomic mass is 16.5. The van der Waals surface area contributed by atoms with E-state index in [9.17, 15) is 10.2 Å². The van der Waals surface area contributed by atoms with E-state index in [1.54, 1.807) is 24.3 Å². The zero-order valence-electron chi connectivity index (χ0n) is 20.4. The van der Waals surface area contributed by atoms with Gasteiger partial charge in [-0.05, 0) is 79.2 Å². The third kappa shape index (κ3) is 5.22. The molecule has 1 aromatic heterocycles. The first kappa shape index (κ1) is 23.9. The maximum absolute atomic E-state index is 9.81. The van der Waals surface area contributed by atoms with Gasteiger partial charge in [0.25, 0.3) is 0 Å². The van der Waals surface area contributed by atoms with E-state index in [0.717, 1.165) is 78.8 Å². The van der Waals surface area contributed by atoms with Crippen LogP contribution in [0.4, 0.5) is 0 Å². The first-order valence-corrected chi connectivity index (χ1v) is 12.4. The van der Waals surface area contributed by atoms with E-state index >= 15 is 0 Å². The highest BCUT2D eigenvalue weighted by Gasteiger charge is 2.21. The van der Waals surface area contributed by atoms with E-state index in [4.69, 9.17) is 14.6 Å². The fourth-order valence-electron chi connectivity index (χ4n) is 4.54.